The monoisotopic (exact) mass is 260 g/mol. The molecule has 1 fully saturated rings. The molecule has 1 aromatic rings. The van der Waals surface area contributed by atoms with E-state index in [4.69, 9.17) is 0 Å². The van der Waals surface area contributed by atoms with Gasteiger partial charge in [0.05, 0.1) is 0 Å². The summed E-state index contributed by atoms with van der Waals surface area (Å²) >= 11 is 0. The second-order valence-corrected chi connectivity index (χ2v) is 5.48. The number of ketones is 1. The van der Waals surface area contributed by atoms with Crippen molar-refractivity contribution in [1.82, 2.24) is 4.90 Å². The van der Waals surface area contributed by atoms with Gasteiger partial charge in [0.1, 0.15) is 0 Å². The minimum Gasteiger partial charge on any atom is -0.385 e. The molecule has 3 heteroatoms. The minimum atomic E-state index is 0.210. The van der Waals surface area contributed by atoms with E-state index in [1.165, 1.54) is 25.9 Å². The van der Waals surface area contributed by atoms with Crippen LogP contribution in [-0.4, -0.2) is 37.4 Å². The Bertz CT molecular complexity index is 405. The predicted octanol–water partition coefficient (Wildman–Crippen LogP) is 3.03. The lowest BCUT2D eigenvalue weighted by Crippen LogP contribution is -2.32. The maximum Gasteiger partial charge on any atom is 0.162 e. The van der Waals surface area contributed by atoms with Gasteiger partial charge in [-0.15, -0.1) is 0 Å². The standard InChI is InChI=1S/C16H24N2O/c1-3-16(19)14-4-6-15(7-5-14)17-12-13-8-10-18(2)11-9-13/h4-7,13,17H,3,8-12H2,1-2H3. The van der Waals surface area contributed by atoms with Crippen LogP contribution in [0, 0.1) is 5.92 Å². The molecule has 1 heterocycles. The lowest BCUT2D eigenvalue weighted by Gasteiger charge is -2.29. The SMILES string of the molecule is CCC(=O)c1ccc(NCC2CCN(C)CC2)cc1. The summed E-state index contributed by atoms with van der Waals surface area (Å²) in [5.74, 6) is 0.981. The number of benzene rings is 1. The average molecular weight is 260 g/mol. The molecule has 0 spiro atoms. The molecular weight excluding hydrogens is 236 g/mol. The van der Waals surface area contributed by atoms with Crippen molar-refractivity contribution < 1.29 is 4.79 Å². The van der Waals surface area contributed by atoms with Crippen LogP contribution in [0.1, 0.15) is 36.5 Å². The molecule has 0 bridgehead atoms. The van der Waals surface area contributed by atoms with Crippen molar-refractivity contribution in [3.63, 3.8) is 0 Å². The molecule has 1 N–H and O–H groups in total. The van der Waals surface area contributed by atoms with Gasteiger partial charge in [0.25, 0.3) is 0 Å². The van der Waals surface area contributed by atoms with Crippen molar-refractivity contribution in [2.45, 2.75) is 26.2 Å². The summed E-state index contributed by atoms with van der Waals surface area (Å²) in [4.78, 5) is 13.9. The van der Waals surface area contributed by atoms with Gasteiger partial charge in [-0.1, -0.05) is 6.92 Å². The molecule has 0 saturated carbocycles. The maximum absolute atomic E-state index is 11.5. The van der Waals surface area contributed by atoms with Crippen LogP contribution >= 0.6 is 0 Å². The number of nitrogens with zero attached hydrogens (tertiary/aromatic N) is 1. The third kappa shape index (κ3) is 4.06. The molecule has 1 aliphatic heterocycles. The summed E-state index contributed by atoms with van der Waals surface area (Å²) in [5.41, 5.74) is 1.93. The summed E-state index contributed by atoms with van der Waals surface area (Å²) in [5, 5.41) is 3.48. The summed E-state index contributed by atoms with van der Waals surface area (Å²) < 4.78 is 0. The number of nitrogens with one attached hydrogen (secondary N) is 1. The molecule has 104 valence electrons. The molecule has 0 radical (unpaired) electrons. The van der Waals surface area contributed by atoms with Crippen molar-refractivity contribution >= 4 is 11.5 Å². The Balaban J connectivity index is 1.81. The number of anilines is 1. The highest BCUT2D eigenvalue weighted by Gasteiger charge is 2.16. The fraction of sp³-hybridized carbons (Fsp3) is 0.562. The van der Waals surface area contributed by atoms with Crippen molar-refractivity contribution in [2.75, 3.05) is 32.0 Å². The van der Waals surface area contributed by atoms with Crippen molar-refractivity contribution in [1.29, 1.82) is 0 Å². The van der Waals surface area contributed by atoms with Gasteiger partial charge in [-0.25, -0.2) is 0 Å². The summed E-state index contributed by atoms with van der Waals surface area (Å²) in [6.45, 7) is 5.34. The van der Waals surface area contributed by atoms with Gasteiger partial charge in [-0.05, 0) is 63.2 Å². The third-order valence-corrected chi connectivity index (χ3v) is 3.96. The zero-order chi connectivity index (χ0) is 13.7. The number of carbonyl (C=O) groups is 1. The zero-order valence-corrected chi connectivity index (χ0v) is 12.0. The van der Waals surface area contributed by atoms with Gasteiger partial charge in [0.2, 0.25) is 0 Å². The topological polar surface area (TPSA) is 32.3 Å². The largest absolute Gasteiger partial charge is 0.385 e. The summed E-state index contributed by atoms with van der Waals surface area (Å²) in [6, 6.07) is 7.86. The first-order chi connectivity index (χ1) is 9.19. The Kier molecular flexibility index (Phi) is 4.97. The number of hydrogen-bond donors (Lipinski definition) is 1. The van der Waals surface area contributed by atoms with Gasteiger partial charge < -0.3 is 10.2 Å². The maximum atomic E-state index is 11.5. The normalized spacial score (nSPS) is 17.4. The molecule has 1 aliphatic rings. The van der Waals surface area contributed by atoms with Crippen LogP contribution in [0.4, 0.5) is 5.69 Å². The number of piperidine rings is 1. The van der Waals surface area contributed by atoms with E-state index >= 15 is 0 Å². The van der Waals surface area contributed by atoms with Gasteiger partial charge in [-0.3, -0.25) is 4.79 Å². The molecule has 3 nitrogen and oxygen atoms in total. The van der Waals surface area contributed by atoms with E-state index in [1.54, 1.807) is 0 Å². The van der Waals surface area contributed by atoms with Crippen molar-refractivity contribution in [3.05, 3.63) is 29.8 Å². The molecule has 0 unspecified atom stereocenters. The van der Waals surface area contributed by atoms with E-state index < -0.39 is 0 Å². The Morgan fingerprint density at radius 3 is 2.47 bits per heavy atom. The van der Waals surface area contributed by atoms with E-state index in [0.29, 0.717) is 6.42 Å². The third-order valence-electron chi connectivity index (χ3n) is 3.96. The van der Waals surface area contributed by atoms with E-state index in [2.05, 4.69) is 17.3 Å². The quantitative estimate of drug-likeness (QED) is 0.826. The smallest absolute Gasteiger partial charge is 0.162 e. The van der Waals surface area contributed by atoms with Crippen molar-refractivity contribution in [3.8, 4) is 0 Å². The predicted molar refractivity (Wildman–Crippen MR) is 79.8 cm³/mol. The molecule has 0 amide bonds. The van der Waals surface area contributed by atoms with Crippen LogP contribution in [0.5, 0.6) is 0 Å². The molecule has 2 rings (SSSR count). The Morgan fingerprint density at radius 1 is 1.26 bits per heavy atom. The number of likely N-dealkylation sites (tertiary alicyclic amines) is 1. The van der Waals surface area contributed by atoms with Crippen LogP contribution in [-0.2, 0) is 0 Å². The van der Waals surface area contributed by atoms with E-state index in [9.17, 15) is 4.79 Å². The Labute approximate surface area is 116 Å². The second kappa shape index (κ2) is 6.71. The minimum absolute atomic E-state index is 0.210. The molecular formula is C16H24N2O. The summed E-state index contributed by atoms with van der Waals surface area (Å²) in [7, 11) is 2.19. The number of hydrogen-bond acceptors (Lipinski definition) is 3. The lowest BCUT2D eigenvalue weighted by molar-refractivity contribution is 0.0988. The molecule has 1 aromatic carbocycles. The molecule has 0 atom stereocenters. The van der Waals surface area contributed by atoms with Crippen LogP contribution < -0.4 is 5.32 Å². The first kappa shape index (κ1) is 14.1. The molecule has 19 heavy (non-hydrogen) atoms. The van der Waals surface area contributed by atoms with Crippen LogP contribution in [0.25, 0.3) is 0 Å². The Morgan fingerprint density at radius 2 is 1.89 bits per heavy atom. The van der Waals surface area contributed by atoms with Crippen molar-refractivity contribution in [2.24, 2.45) is 5.92 Å². The van der Waals surface area contributed by atoms with Crippen LogP contribution in [0.2, 0.25) is 0 Å². The van der Waals surface area contributed by atoms with Gasteiger partial charge >= 0.3 is 0 Å². The van der Waals surface area contributed by atoms with E-state index in [-0.39, 0.29) is 5.78 Å². The Hall–Kier alpha value is -1.35. The van der Waals surface area contributed by atoms with Gasteiger partial charge in [-0.2, -0.15) is 0 Å². The lowest BCUT2D eigenvalue weighted by atomic mass is 9.97. The highest BCUT2D eigenvalue weighted by molar-refractivity contribution is 5.96. The first-order valence-electron chi connectivity index (χ1n) is 7.24. The molecule has 0 aliphatic carbocycles. The zero-order valence-electron chi connectivity index (χ0n) is 12.0. The van der Waals surface area contributed by atoms with E-state index in [0.717, 1.165) is 23.7 Å². The summed E-state index contributed by atoms with van der Waals surface area (Å²) in [6.07, 6.45) is 3.12. The number of carbonyl (C=O) groups excluding carboxylic acids is 1. The first-order valence-corrected chi connectivity index (χ1v) is 7.24. The fourth-order valence-electron chi connectivity index (χ4n) is 2.51. The highest BCUT2D eigenvalue weighted by atomic mass is 16.1. The number of rotatable bonds is 5. The van der Waals surface area contributed by atoms with Gasteiger partial charge in [0.15, 0.2) is 5.78 Å². The van der Waals surface area contributed by atoms with Crippen LogP contribution in [0.3, 0.4) is 0 Å². The highest BCUT2D eigenvalue weighted by Crippen LogP contribution is 2.17. The molecule has 1 saturated heterocycles. The second-order valence-electron chi connectivity index (χ2n) is 5.48. The fourth-order valence-corrected chi connectivity index (χ4v) is 2.51. The van der Waals surface area contributed by atoms with E-state index in [1.807, 2.05) is 31.2 Å². The average Bonchev–Trinajstić information content (AvgIpc) is 2.46. The number of Topliss-reactive ketones (excluding diaryl/α,β-unsaturated/α-hetero) is 1. The molecule has 0 aromatic heterocycles. The van der Waals surface area contributed by atoms with Crippen LogP contribution in [0.15, 0.2) is 24.3 Å². The van der Waals surface area contributed by atoms with Gasteiger partial charge in [0, 0.05) is 24.2 Å².